The van der Waals surface area contributed by atoms with Gasteiger partial charge < -0.3 is 20.5 Å². The number of nitrogens with one attached hydrogen (secondary N) is 2. The minimum Gasteiger partial charge on any atom is -0.383 e. The van der Waals surface area contributed by atoms with Crippen molar-refractivity contribution in [3.63, 3.8) is 0 Å². The van der Waals surface area contributed by atoms with Crippen molar-refractivity contribution in [2.24, 2.45) is 10.4 Å². The minimum absolute atomic E-state index is 0.294. The van der Waals surface area contributed by atoms with Gasteiger partial charge in [0.25, 0.3) is 0 Å². The largest absolute Gasteiger partial charge is 0.383 e. The highest BCUT2D eigenvalue weighted by molar-refractivity contribution is 7.10. The zero-order chi connectivity index (χ0) is 20.6. The van der Waals surface area contributed by atoms with Gasteiger partial charge in [-0.25, -0.2) is 4.99 Å². The summed E-state index contributed by atoms with van der Waals surface area (Å²) in [7, 11) is 0. The SMILES string of the molecule is CCNC(=NCC(C)(O)c1cccs1)NCC1(CN2CCOCC2)CCCCC1. The molecule has 29 heavy (non-hydrogen) atoms. The number of hydrogen-bond acceptors (Lipinski definition) is 5. The standard InChI is InChI=1S/C22H38N4O2S/c1-3-23-20(24-16-21(2,27)19-8-7-15-29-19)25-17-22(9-5-4-6-10-22)18-26-11-13-28-14-12-26/h7-8,15,27H,3-6,9-14,16-18H2,1-2H3,(H2,23,24,25). The molecule has 1 unspecified atom stereocenters. The van der Waals surface area contributed by atoms with Crippen LogP contribution in [0.2, 0.25) is 0 Å². The van der Waals surface area contributed by atoms with Crippen LogP contribution >= 0.6 is 11.3 Å². The predicted octanol–water partition coefficient (Wildman–Crippen LogP) is 2.79. The first-order valence-electron chi connectivity index (χ1n) is 11.1. The van der Waals surface area contributed by atoms with Gasteiger partial charge in [-0.3, -0.25) is 4.90 Å². The minimum atomic E-state index is -0.938. The van der Waals surface area contributed by atoms with Crippen LogP contribution in [-0.4, -0.2) is 68.4 Å². The van der Waals surface area contributed by atoms with Crippen LogP contribution in [0.15, 0.2) is 22.5 Å². The summed E-state index contributed by atoms with van der Waals surface area (Å²) in [5, 5.41) is 19.8. The molecule has 0 bridgehead atoms. The van der Waals surface area contributed by atoms with Crippen LogP contribution in [0.4, 0.5) is 0 Å². The lowest BCUT2D eigenvalue weighted by molar-refractivity contribution is 0.00819. The van der Waals surface area contributed by atoms with Gasteiger partial charge in [0, 0.05) is 43.0 Å². The number of nitrogens with zero attached hydrogens (tertiary/aromatic N) is 2. The number of hydrogen-bond donors (Lipinski definition) is 3. The van der Waals surface area contributed by atoms with Crippen LogP contribution in [0.3, 0.4) is 0 Å². The molecule has 0 radical (unpaired) electrons. The molecule has 1 aliphatic carbocycles. The van der Waals surface area contributed by atoms with Gasteiger partial charge in [-0.1, -0.05) is 25.3 Å². The molecule has 1 saturated carbocycles. The number of aliphatic hydroxyl groups is 1. The molecule has 0 aromatic carbocycles. The van der Waals surface area contributed by atoms with Gasteiger partial charge in [-0.15, -0.1) is 11.3 Å². The fraction of sp³-hybridized carbons (Fsp3) is 0.773. The average Bonchev–Trinajstić information content (AvgIpc) is 3.28. The van der Waals surface area contributed by atoms with Gasteiger partial charge >= 0.3 is 0 Å². The summed E-state index contributed by atoms with van der Waals surface area (Å²) in [5.74, 6) is 0.802. The molecular formula is C22H38N4O2S. The highest BCUT2D eigenvalue weighted by Crippen LogP contribution is 2.36. The van der Waals surface area contributed by atoms with Gasteiger partial charge in [-0.05, 0) is 38.1 Å². The summed E-state index contributed by atoms with van der Waals surface area (Å²) in [4.78, 5) is 8.24. The summed E-state index contributed by atoms with van der Waals surface area (Å²) in [6.07, 6.45) is 6.51. The molecule has 7 heteroatoms. The number of ether oxygens (including phenoxy) is 1. The second-order valence-corrected chi connectivity index (χ2v) is 9.70. The molecular weight excluding hydrogens is 384 g/mol. The van der Waals surface area contributed by atoms with E-state index in [1.54, 1.807) is 11.3 Å². The monoisotopic (exact) mass is 422 g/mol. The first kappa shape index (κ1) is 22.5. The van der Waals surface area contributed by atoms with Crippen molar-refractivity contribution in [2.75, 3.05) is 52.5 Å². The maximum Gasteiger partial charge on any atom is 0.191 e. The quantitative estimate of drug-likeness (QED) is 0.444. The van der Waals surface area contributed by atoms with Gasteiger partial charge in [0.1, 0.15) is 5.60 Å². The fourth-order valence-corrected chi connectivity index (χ4v) is 5.21. The van der Waals surface area contributed by atoms with Crippen LogP contribution in [0, 0.1) is 5.41 Å². The number of thiophene rings is 1. The van der Waals surface area contributed by atoms with Crippen molar-refractivity contribution in [2.45, 2.75) is 51.6 Å². The highest BCUT2D eigenvalue weighted by atomic mass is 32.1. The molecule has 3 rings (SSSR count). The summed E-state index contributed by atoms with van der Waals surface area (Å²) in [5.41, 5.74) is -0.644. The second-order valence-electron chi connectivity index (χ2n) is 8.75. The zero-order valence-corrected chi connectivity index (χ0v) is 18.9. The maximum absolute atomic E-state index is 10.8. The van der Waals surface area contributed by atoms with Crippen molar-refractivity contribution in [3.8, 4) is 0 Å². The zero-order valence-electron chi connectivity index (χ0n) is 18.1. The third-order valence-electron chi connectivity index (χ3n) is 6.15. The molecule has 0 spiro atoms. The Bertz CT molecular complexity index is 621. The lowest BCUT2D eigenvalue weighted by Crippen LogP contribution is -2.51. The highest BCUT2D eigenvalue weighted by Gasteiger charge is 2.34. The van der Waals surface area contributed by atoms with Gasteiger partial charge in [0.2, 0.25) is 0 Å². The topological polar surface area (TPSA) is 69.1 Å². The van der Waals surface area contributed by atoms with E-state index in [2.05, 4.69) is 22.5 Å². The predicted molar refractivity (Wildman–Crippen MR) is 121 cm³/mol. The lowest BCUT2D eigenvalue weighted by atomic mass is 9.73. The Morgan fingerprint density at radius 3 is 2.69 bits per heavy atom. The molecule has 0 amide bonds. The van der Waals surface area contributed by atoms with Crippen molar-refractivity contribution < 1.29 is 9.84 Å². The van der Waals surface area contributed by atoms with E-state index in [9.17, 15) is 5.11 Å². The molecule has 2 heterocycles. The van der Waals surface area contributed by atoms with Crippen LogP contribution in [0.25, 0.3) is 0 Å². The Labute approximate surface area is 179 Å². The van der Waals surface area contributed by atoms with Gasteiger partial charge in [0.05, 0.1) is 19.8 Å². The number of aliphatic imine (C=N–C) groups is 1. The van der Waals surface area contributed by atoms with Crippen molar-refractivity contribution in [3.05, 3.63) is 22.4 Å². The molecule has 6 nitrogen and oxygen atoms in total. The van der Waals surface area contributed by atoms with E-state index >= 15 is 0 Å². The Balaban J connectivity index is 1.62. The lowest BCUT2D eigenvalue weighted by Gasteiger charge is -2.42. The number of morpholine rings is 1. The van der Waals surface area contributed by atoms with E-state index < -0.39 is 5.60 Å². The van der Waals surface area contributed by atoms with E-state index in [1.807, 2.05) is 24.4 Å². The van der Waals surface area contributed by atoms with E-state index in [4.69, 9.17) is 9.73 Å². The molecule has 1 aliphatic heterocycles. The van der Waals surface area contributed by atoms with Gasteiger partial charge in [-0.2, -0.15) is 0 Å². The van der Waals surface area contributed by atoms with E-state index in [0.29, 0.717) is 12.0 Å². The summed E-state index contributed by atoms with van der Waals surface area (Å²) >= 11 is 1.57. The summed E-state index contributed by atoms with van der Waals surface area (Å²) in [6, 6.07) is 3.94. The molecule has 3 N–H and O–H groups in total. The Morgan fingerprint density at radius 2 is 2.03 bits per heavy atom. The fourth-order valence-electron chi connectivity index (χ4n) is 4.44. The van der Waals surface area contributed by atoms with Crippen molar-refractivity contribution in [1.82, 2.24) is 15.5 Å². The molecule has 2 aliphatic rings. The molecule has 1 aromatic heterocycles. The van der Waals surface area contributed by atoms with Crippen LogP contribution < -0.4 is 10.6 Å². The van der Waals surface area contributed by atoms with Crippen LogP contribution in [0.5, 0.6) is 0 Å². The van der Waals surface area contributed by atoms with Crippen molar-refractivity contribution in [1.29, 1.82) is 0 Å². The number of guanidine groups is 1. The maximum atomic E-state index is 10.8. The van der Waals surface area contributed by atoms with E-state index in [1.165, 1.54) is 32.1 Å². The first-order valence-corrected chi connectivity index (χ1v) is 12.0. The molecule has 1 atom stereocenters. The van der Waals surface area contributed by atoms with E-state index in [0.717, 1.165) is 56.8 Å². The van der Waals surface area contributed by atoms with Crippen LogP contribution in [0.1, 0.15) is 50.8 Å². The Kier molecular flexibility index (Phi) is 8.35. The Morgan fingerprint density at radius 1 is 1.28 bits per heavy atom. The van der Waals surface area contributed by atoms with Crippen LogP contribution in [-0.2, 0) is 10.3 Å². The third-order valence-corrected chi connectivity index (χ3v) is 7.27. The van der Waals surface area contributed by atoms with Crippen molar-refractivity contribution >= 4 is 17.3 Å². The molecule has 1 saturated heterocycles. The summed E-state index contributed by atoms with van der Waals surface area (Å²) in [6.45, 7) is 10.9. The molecule has 2 fully saturated rings. The summed E-state index contributed by atoms with van der Waals surface area (Å²) < 4.78 is 5.54. The smallest absolute Gasteiger partial charge is 0.191 e. The Hall–Kier alpha value is -1.15. The van der Waals surface area contributed by atoms with Gasteiger partial charge in [0.15, 0.2) is 5.96 Å². The average molecular weight is 423 g/mol. The second kappa shape index (κ2) is 10.8. The number of rotatable bonds is 8. The van der Waals surface area contributed by atoms with E-state index in [-0.39, 0.29) is 0 Å². The third kappa shape index (κ3) is 6.67. The molecule has 164 valence electrons. The molecule has 1 aromatic rings. The first-order chi connectivity index (χ1) is 14.0. The normalized spacial score (nSPS) is 22.8.